The van der Waals surface area contributed by atoms with Gasteiger partial charge in [0.2, 0.25) is 0 Å². The average molecular weight is 1920 g/mol. The molecule has 117 heavy (non-hydrogen) atoms. The number of unbranched alkanes of at least 4 members (excludes halogenated alkanes) is 1. The summed E-state index contributed by atoms with van der Waals surface area (Å²) < 4.78 is 15.7. The molecule has 0 aliphatic carbocycles. The number of hydrogen-bond acceptors (Lipinski definition) is 19. The standard InChI is InChI=1S/C17H20NO.C13H24NO5.C11H10NO3.C10H23OSi.C9H22NOSi2.C9H24NOSi2.C9H16NO.C5H12NO.8K/c19-13-7-12-18(14-16-8-3-1-4-9-16)15-17-10-5-2-6-11-17;1-12(2,3)18-10(16)14(8-7-9-15)11(17)19-13(4,5)6;13-7-3-6-12-10(14)8-4-1-2-5-9(8)11(12)15;1-10(2,3)12(4,5)9-7-6-8-11;1-12(2)8-9-13(3,4)10(12)6-5-7-11;1-12(2,3)10(8-7-9-11)13(4,5)6;1-3-6-10(7-4-2)8-5-9-11;1-6(2)4-3-5-7;;;;;;;;/h1-6,8-11H,7,12-15H2;7-9H2,1-6H3;1-2,4-5H,3,6-7H2;6-9H2,1-5H3;5-9H2,1-4H3;7-9H2,1-6H3;3-4H,1-2,5-9H2;3-5H2,1-2H3;;;;;;;;/q8*-1;8*+1. The largest absolute Gasteiger partial charge is 1.00 e. The molecule has 3 aromatic carbocycles. The Kier molecular flexibility index (Phi) is 107. The minimum atomic E-state index is -1.20. The summed E-state index contributed by atoms with van der Waals surface area (Å²) >= 11 is 0. The van der Waals surface area contributed by atoms with Crippen molar-refractivity contribution in [2.24, 2.45) is 0 Å². The van der Waals surface area contributed by atoms with Gasteiger partial charge in [-0.3, -0.25) is 24.3 Å². The Morgan fingerprint density at radius 1 is 0.444 bits per heavy atom. The van der Waals surface area contributed by atoms with Gasteiger partial charge in [0.15, 0.2) is 0 Å². The summed E-state index contributed by atoms with van der Waals surface area (Å²) in [5.74, 6) is -0.576. The summed E-state index contributed by atoms with van der Waals surface area (Å²) in [4.78, 5) is 55.7. The molecule has 2 aliphatic rings. The van der Waals surface area contributed by atoms with Crippen molar-refractivity contribution in [1.29, 1.82) is 0 Å². The summed E-state index contributed by atoms with van der Waals surface area (Å²) in [6.07, 6.45) is 8.43. The van der Waals surface area contributed by atoms with Crippen LogP contribution < -0.4 is 452 Å². The molecule has 4 amide bonds. The number of imide groups is 2. The van der Waals surface area contributed by atoms with E-state index < -0.39 is 64.4 Å². The second-order valence-electron chi connectivity index (χ2n) is 34.7. The Morgan fingerprint density at radius 2 is 0.761 bits per heavy atom. The van der Waals surface area contributed by atoms with Crippen LogP contribution >= 0.6 is 0 Å². The van der Waals surface area contributed by atoms with Crippen LogP contribution in [-0.2, 0) is 22.6 Å². The van der Waals surface area contributed by atoms with Gasteiger partial charge >= 0.3 is 423 Å². The van der Waals surface area contributed by atoms with Crippen LogP contribution in [0.15, 0.2) is 110 Å². The number of ether oxygens (including phenoxy) is 2. The van der Waals surface area contributed by atoms with Crippen LogP contribution in [0.2, 0.25) is 102 Å². The number of amides is 4. The van der Waals surface area contributed by atoms with Gasteiger partial charge in [-0.2, -0.15) is 0 Å². The summed E-state index contributed by atoms with van der Waals surface area (Å²) in [5.41, 5.74) is 2.04. The van der Waals surface area contributed by atoms with Crippen molar-refractivity contribution >= 4 is 65.0 Å². The molecule has 2 heterocycles. The van der Waals surface area contributed by atoms with Gasteiger partial charge in [-0.25, -0.2) is 14.5 Å². The normalized spacial score (nSPS) is 13.0. The second kappa shape index (κ2) is 84.0. The van der Waals surface area contributed by atoms with Crippen molar-refractivity contribution in [2.45, 2.75) is 246 Å². The molecule has 630 valence electrons. The van der Waals surface area contributed by atoms with E-state index in [1.807, 2.05) is 43.3 Å². The molecule has 0 atom stereocenters. The maximum absolute atomic E-state index is 11.9. The molecule has 0 aromatic heterocycles. The van der Waals surface area contributed by atoms with Gasteiger partial charge in [0.25, 0.3) is 11.8 Å². The second-order valence-corrected chi connectivity index (χ2v) is 60.5. The Morgan fingerprint density at radius 3 is 1.07 bits per heavy atom. The predicted molar refractivity (Wildman–Crippen MR) is 451 cm³/mol. The Hall–Kier alpha value is 8.68. The number of fused-ring (bicyclic) bond motifs is 1. The van der Waals surface area contributed by atoms with Crippen LogP contribution in [0.25, 0.3) is 0 Å². The Bertz CT molecular complexity index is 2760. The molecule has 1 saturated heterocycles. The summed E-state index contributed by atoms with van der Waals surface area (Å²) in [6, 6.07) is 31.7. The molecule has 2 aliphatic heterocycles. The molecular formula is C83H151K8N7O14Si5. The summed E-state index contributed by atoms with van der Waals surface area (Å²) in [7, 11) is -1.72. The Labute approximate surface area is 1060 Å². The molecule has 1 fully saturated rings. The zero-order valence-corrected chi connectivity index (χ0v) is 110. The molecule has 0 spiro atoms. The molecule has 21 nitrogen and oxygen atoms in total. The van der Waals surface area contributed by atoms with Crippen molar-refractivity contribution in [3.05, 3.63) is 132 Å². The first-order valence-corrected chi connectivity index (χ1v) is 55.8. The smallest absolute Gasteiger partial charge is 0.854 e. The van der Waals surface area contributed by atoms with E-state index in [-0.39, 0.29) is 495 Å². The quantitative estimate of drug-likeness (QED) is 0.0229. The first-order chi connectivity index (χ1) is 50.6. The van der Waals surface area contributed by atoms with Crippen LogP contribution in [0.3, 0.4) is 0 Å². The monoisotopic (exact) mass is 1920 g/mol. The van der Waals surface area contributed by atoms with Gasteiger partial charge in [0.05, 0.1) is 19.2 Å². The van der Waals surface area contributed by atoms with Crippen LogP contribution in [0.1, 0.15) is 152 Å². The third kappa shape index (κ3) is 75.5. The van der Waals surface area contributed by atoms with Crippen LogP contribution in [0, 0.1) is 0 Å². The first-order valence-electron chi connectivity index (χ1n) is 39.4. The van der Waals surface area contributed by atoms with Crippen molar-refractivity contribution in [1.82, 2.24) is 33.0 Å². The SMILES string of the molecule is C=CCN(CC=C)CCC[O-].CC(C)(C)OC(=O)N(CCC[O-])C(=O)OC(C)(C)C.CC(C)(C)[Si](C)(C)CCCC[O-].CN(C)CCC[O-].C[Si](C)(C)N(CCC[O-])[Si](C)(C)C.C[Si]1(C)CC[Si](C)(C)N1CCC[O-].O=C1c2ccccc2C(=O)N1CCC[O-].[K+].[K+].[K+].[K+].[K+].[K+].[K+].[K+].[O-]CCCN(Cc1ccccc1)Cc1ccccc1. The first kappa shape index (κ1) is 149. The van der Waals surface area contributed by atoms with Crippen molar-refractivity contribution in [3.8, 4) is 0 Å². The van der Waals surface area contributed by atoms with E-state index in [1.54, 1.807) is 65.8 Å². The van der Waals surface area contributed by atoms with Crippen molar-refractivity contribution < 1.29 is 481 Å². The van der Waals surface area contributed by atoms with Gasteiger partial charge in [-0.1, -0.05) is 248 Å². The molecule has 0 saturated carbocycles. The molecule has 0 radical (unpaired) electrons. The van der Waals surface area contributed by atoms with Gasteiger partial charge in [-0.15, -0.1) is 66.0 Å². The third-order valence-corrected chi connectivity index (χ3v) is 42.0. The number of carbonyl (C=O) groups is 4. The maximum Gasteiger partial charge on any atom is 1.00 e. The fourth-order valence-electron chi connectivity index (χ4n) is 11.7. The predicted octanol–water partition coefficient (Wildman–Crippen LogP) is -14.1. The van der Waals surface area contributed by atoms with Gasteiger partial charge in [0.1, 0.15) is 44.1 Å². The number of benzene rings is 3. The molecule has 0 N–H and O–H groups in total. The Balaban J connectivity index is -0.000000122. The minimum absolute atomic E-state index is 0. The van der Waals surface area contributed by atoms with E-state index in [2.05, 4.69) is 179 Å². The molecule has 0 bridgehead atoms. The van der Waals surface area contributed by atoms with Gasteiger partial charge in [-0.05, 0) is 129 Å². The number of rotatable bonds is 35. The van der Waals surface area contributed by atoms with Crippen molar-refractivity contribution in [3.63, 3.8) is 0 Å². The fourth-order valence-corrected chi connectivity index (χ4v) is 37.5. The van der Waals surface area contributed by atoms with E-state index in [9.17, 15) is 60.0 Å². The molecule has 34 heteroatoms. The van der Waals surface area contributed by atoms with Gasteiger partial charge in [0, 0.05) is 39.3 Å². The van der Waals surface area contributed by atoms with E-state index in [0.29, 0.717) is 35.4 Å². The molecular weight excluding hydrogens is 1770 g/mol. The number of carbonyl (C=O) groups excluding carboxylic acids is 4. The molecule has 5 rings (SSSR count). The van der Waals surface area contributed by atoms with Gasteiger partial charge < -0.3 is 63.7 Å². The third-order valence-electron chi connectivity index (χ3n) is 18.1. The van der Waals surface area contributed by atoms with Crippen molar-refractivity contribution in [2.75, 3.05) is 126 Å². The van der Waals surface area contributed by atoms with E-state index in [4.69, 9.17) is 9.47 Å². The maximum atomic E-state index is 11.9. The fraction of sp³-hybridized carbons (Fsp3) is 0.687. The van der Waals surface area contributed by atoms with E-state index in [0.717, 1.165) is 101 Å². The van der Waals surface area contributed by atoms with E-state index in [1.165, 1.54) is 29.3 Å². The van der Waals surface area contributed by atoms with Crippen LogP contribution in [0.4, 0.5) is 9.59 Å². The zero-order valence-electron chi connectivity index (χ0n) is 80.4. The minimum Gasteiger partial charge on any atom is -0.854 e. The molecule has 3 aromatic rings. The summed E-state index contributed by atoms with van der Waals surface area (Å²) in [5, 5.41) is 83.3. The topological polar surface area (TPSA) is 294 Å². The van der Waals surface area contributed by atoms with Crippen LogP contribution in [0.5, 0.6) is 0 Å². The molecule has 0 unspecified atom stereocenters. The van der Waals surface area contributed by atoms with E-state index >= 15 is 0 Å². The zero-order chi connectivity index (χ0) is 84.3. The summed E-state index contributed by atoms with van der Waals surface area (Å²) in [6.45, 7) is 61.5. The average Bonchev–Trinajstić information content (AvgIpc) is 1.65. The number of hydrogen-bond donors (Lipinski definition) is 0. The number of nitrogens with zero attached hydrogens (tertiary/aromatic N) is 7. The van der Waals surface area contributed by atoms with Crippen LogP contribution in [-0.4, -0.2) is 235 Å².